The summed E-state index contributed by atoms with van der Waals surface area (Å²) >= 11 is 0. The number of pyridine rings is 1. The highest BCUT2D eigenvalue weighted by Crippen LogP contribution is 2.44. The maximum Gasteiger partial charge on any atom is 0.312 e. The Hall–Kier alpha value is -2.56. The second-order valence-electron chi connectivity index (χ2n) is 4.36. The smallest absolute Gasteiger partial charge is 0.312 e. The molecule has 19 heavy (non-hydrogen) atoms. The van der Waals surface area contributed by atoms with Crippen LogP contribution in [0.4, 0.5) is 0 Å². The molecule has 1 aliphatic heterocycles. The van der Waals surface area contributed by atoms with Crippen LogP contribution >= 0.6 is 0 Å². The van der Waals surface area contributed by atoms with Crippen LogP contribution in [0.2, 0.25) is 0 Å². The first-order chi connectivity index (χ1) is 9.15. The van der Waals surface area contributed by atoms with Gasteiger partial charge in [0.25, 0.3) is 0 Å². The van der Waals surface area contributed by atoms with Gasteiger partial charge in [0.15, 0.2) is 0 Å². The minimum Gasteiger partial charge on any atom is -0.508 e. The minimum absolute atomic E-state index is 0.0989. The number of rotatable bonds is 1. The molecule has 3 rings (SSSR count). The van der Waals surface area contributed by atoms with Crippen molar-refractivity contribution in [2.75, 3.05) is 0 Å². The largest absolute Gasteiger partial charge is 0.508 e. The fourth-order valence-electron chi connectivity index (χ4n) is 2.30. The number of hydrogen-bond donors (Lipinski definition) is 2. The zero-order chi connectivity index (χ0) is 13.4. The maximum atomic E-state index is 11.6. The van der Waals surface area contributed by atoms with Gasteiger partial charge in [0.05, 0.1) is 6.42 Å². The summed E-state index contributed by atoms with van der Waals surface area (Å²) in [4.78, 5) is 15.8. The molecule has 96 valence electrons. The van der Waals surface area contributed by atoms with Crippen molar-refractivity contribution in [1.82, 2.24) is 4.98 Å². The average Bonchev–Trinajstić information content (AvgIpc) is 2.38. The molecule has 0 bridgehead atoms. The van der Waals surface area contributed by atoms with Crippen molar-refractivity contribution in [3.63, 3.8) is 0 Å². The molecule has 0 unspecified atom stereocenters. The summed E-state index contributed by atoms with van der Waals surface area (Å²) in [6, 6.07) is 7.94. The van der Waals surface area contributed by atoms with Gasteiger partial charge in [0.2, 0.25) is 0 Å². The van der Waals surface area contributed by atoms with Crippen LogP contribution in [0.15, 0.2) is 36.5 Å². The van der Waals surface area contributed by atoms with Crippen molar-refractivity contribution < 1.29 is 19.7 Å². The molecule has 1 aliphatic rings. The quantitative estimate of drug-likeness (QED) is 0.602. The van der Waals surface area contributed by atoms with E-state index in [1.54, 1.807) is 18.3 Å². The number of hydrogen-bond acceptors (Lipinski definition) is 5. The maximum absolute atomic E-state index is 11.6. The molecule has 1 aromatic heterocycles. The van der Waals surface area contributed by atoms with Gasteiger partial charge in [-0.15, -0.1) is 0 Å². The molecule has 0 radical (unpaired) electrons. The van der Waals surface area contributed by atoms with Gasteiger partial charge in [-0.05, 0) is 12.1 Å². The van der Waals surface area contributed by atoms with E-state index in [-0.39, 0.29) is 29.6 Å². The average molecular weight is 257 g/mol. The molecular formula is C14H11NO4. The van der Waals surface area contributed by atoms with Gasteiger partial charge in [-0.25, -0.2) is 0 Å². The lowest BCUT2D eigenvalue weighted by atomic mass is 9.88. The Labute approximate surface area is 109 Å². The van der Waals surface area contributed by atoms with E-state index >= 15 is 0 Å². The molecule has 0 spiro atoms. The Morgan fingerprint density at radius 1 is 1.26 bits per heavy atom. The first-order valence-corrected chi connectivity index (χ1v) is 5.82. The van der Waals surface area contributed by atoms with Crippen molar-refractivity contribution in [3.8, 4) is 17.2 Å². The second-order valence-corrected chi connectivity index (χ2v) is 4.36. The fourth-order valence-corrected chi connectivity index (χ4v) is 2.30. The lowest BCUT2D eigenvalue weighted by Crippen LogP contribution is -2.21. The predicted molar refractivity (Wildman–Crippen MR) is 66.1 cm³/mol. The fraction of sp³-hybridized carbons (Fsp3) is 0.143. The number of ether oxygens (including phenoxy) is 1. The van der Waals surface area contributed by atoms with Crippen molar-refractivity contribution in [1.29, 1.82) is 0 Å². The molecule has 0 aliphatic carbocycles. The summed E-state index contributed by atoms with van der Waals surface area (Å²) in [6.45, 7) is 0. The molecule has 0 fully saturated rings. The van der Waals surface area contributed by atoms with Crippen LogP contribution in [-0.4, -0.2) is 21.2 Å². The molecule has 1 aromatic carbocycles. The monoisotopic (exact) mass is 257 g/mol. The Balaban J connectivity index is 2.17. The number of aromatic hydroxyl groups is 2. The second kappa shape index (κ2) is 4.28. The van der Waals surface area contributed by atoms with E-state index in [2.05, 4.69) is 4.98 Å². The highest BCUT2D eigenvalue weighted by Gasteiger charge is 2.32. The molecular weight excluding hydrogens is 246 g/mol. The van der Waals surface area contributed by atoms with Crippen LogP contribution < -0.4 is 4.74 Å². The van der Waals surface area contributed by atoms with Gasteiger partial charge < -0.3 is 14.9 Å². The zero-order valence-corrected chi connectivity index (χ0v) is 9.91. The minimum atomic E-state index is -0.409. The summed E-state index contributed by atoms with van der Waals surface area (Å²) in [5.74, 6) is -0.834. The van der Waals surface area contributed by atoms with Crippen LogP contribution in [0.25, 0.3) is 0 Å². The number of aromatic nitrogens is 1. The van der Waals surface area contributed by atoms with Crippen molar-refractivity contribution in [2.24, 2.45) is 0 Å². The number of phenolic OH excluding ortho intramolecular Hbond substituents is 2. The van der Waals surface area contributed by atoms with Crippen molar-refractivity contribution in [3.05, 3.63) is 47.8 Å². The Morgan fingerprint density at radius 2 is 2.11 bits per heavy atom. The third kappa shape index (κ3) is 1.99. The van der Waals surface area contributed by atoms with Crippen molar-refractivity contribution in [2.45, 2.75) is 12.3 Å². The van der Waals surface area contributed by atoms with Gasteiger partial charge in [-0.2, -0.15) is 0 Å². The van der Waals surface area contributed by atoms with E-state index in [0.717, 1.165) is 0 Å². The number of nitrogens with zero attached hydrogens (tertiary/aromatic N) is 1. The van der Waals surface area contributed by atoms with Crippen LogP contribution in [-0.2, 0) is 4.79 Å². The molecule has 0 saturated heterocycles. The normalized spacial score (nSPS) is 17.7. The first kappa shape index (κ1) is 11.5. The van der Waals surface area contributed by atoms with Crippen LogP contribution in [0.3, 0.4) is 0 Å². The van der Waals surface area contributed by atoms with E-state index in [0.29, 0.717) is 11.3 Å². The Bertz CT molecular complexity index is 639. The van der Waals surface area contributed by atoms with Gasteiger partial charge in [0, 0.05) is 35.5 Å². The van der Waals surface area contributed by atoms with E-state index in [1.807, 2.05) is 6.07 Å². The summed E-state index contributed by atoms with van der Waals surface area (Å²) in [6.07, 6.45) is 1.74. The molecule has 0 amide bonds. The number of carbonyl (C=O) groups excluding carboxylic acids is 1. The van der Waals surface area contributed by atoms with E-state index < -0.39 is 5.97 Å². The van der Waals surface area contributed by atoms with E-state index in [4.69, 9.17) is 4.74 Å². The molecule has 2 N–H and O–H groups in total. The summed E-state index contributed by atoms with van der Waals surface area (Å²) in [5.41, 5.74) is 1.16. The predicted octanol–water partition coefficient (Wildman–Crippen LogP) is 1.93. The number of benzene rings is 1. The standard InChI is InChI=1S/C14H11NO4/c16-8-5-11(17)14-9(10-3-1-2-4-15-10)7-13(18)19-12(14)6-8/h1-6,9,16-17H,7H2/t9-/m0/s1. The lowest BCUT2D eigenvalue weighted by molar-refractivity contribution is -0.135. The number of esters is 1. The lowest BCUT2D eigenvalue weighted by Gasteiger charge is -2.24. The molecule has 5 heteroatoms. The topological polar surface area (TPSA) is 79.7 Å². The van der Waals surface area contributed by atoms with E-state index in [1.165, 1.54) is 12.1 Å². The molecule has 1 atom stereocenters. The Morgan fingerprint density at radius 3 is 2.84 bits per heavy atom. The molecule has 0 saturated carbocycles. The molecule has 5 nitrogen and oxygen atoms in total. The van der Waals surface area contributed by atoms with E-state index in [9.17, 15) is 15.0 Å². The van der Waals surface area contributed by atoms with Crippen molar-refractivity contribution >= 4 is 5.97 Å². The number of phenols is 2. The highest BCUT2D eigenvalue weighted by atomic mass is 16.5. The first-order valence-electron chi connectivity index (χ1n) is 5.82. The third-order valence-electron chi connectivity index (χ3n) is 3.09. The molecule has 2 aromatic rings. The number of fused-ring (bicyclic) bond motifs is 1. The van der Waals surface area contributed by atoms with Gasteiger partial charge >= 0.3 is 5.97 Å². The van der Waals surface area contributed by atoms with Gasteiger partial charge in [0.1, 0.15) is 17.2 Å². The highest BCUT2D eigenvalue weighted by molar-refractivity contribution is 5.78. The number of carbonyl (C=O) groups is 1. The zero-order valence-electron chi connectivity index (χ0n) is 9.91. The molecule has 2 heterocycles. The summed E-state index contributed by atoms with van der Waals surface area (Å²) in [7, 11) is 0. The summed E-state index contributed by atoms with van der Waals surface area (Å²) in [5, 5.41) is 19.4. The SMILES string of the molecule is O=C1C[C@@H](c2ccccn2)c2c(O)cc(O)cc2O1. The summed E-state index contributed by atoms with van der Waals surface area (Å²) < 4.78 is 5.06. The Kier molecular flexibility index (Phi) is 2.59. The van der Waals surface area contributed by atoms with Gasteiger partial charge in [-0.1, -0.05) is 6.07 Å². The van der Waals surface area contributed by atoms with Crippen LogP contribution in [0, 0.1) is 0 Å². The van der Waals surface area contributed by atoms with Crippen LogP contribution in [0.1, 0.15) is 23.6 Å². The third-order valence-corrected chi connectivity index (χ3v) is 3.09. The van der Waals surface area contributed by atoms with Crippen LogP contribution in [0.5, 0.6) is 17.2 Å². The van der Waals surface area contributed by atoms with Gasteiger partial charge in [-0.3, -0.25) is 9.78 Å².